The van der Waals surface area contributed by atoms with Gasteiger partial charge in [0.1, 0.15) is 11.3 Å². The maximum Gasteiger partial charge on any atom is 0.336 e. The summed E-state index contributed by atoms with van der Waals surface area (Å²) in [5, 5.41) is 4.85. The van der Waals surface area contributed by atoms with Gasteiger partial charge in [-0.25, -0.2) is 4.79 Å². The lowest BCUT2D eigenvalue weighted by atomic mass is 10.1. The molecule has 2 aromatic heterocycles. The SMILES string of the molecule is Cc1ccc(-c2noc(COc3ccc4c(C)cc(=O)oc4c3)n2)cc1. The molecule has 0 saturated carbocycles. The first-order chi connectivity index (χ1) is 12.6. The number of aromatic nitrogens is 2. The summed E-state index contributed by atoms with van der Waals surface area (Å²) >= 11 is 0. The summed E-state index contributed by atoms with van der Waals surface area (Å²) in [6.07, 6.45) is 0. The van der Waals surface area contributed by atoms with Crippen molar-refractivity contribution < 1.29 is 13.7 Å². The number of fused-ring (bicyclic) bond motifs is 1. The molecule has 4 aromatic rings. The Bertz CT molecular complexity index is 1130. The van der Waals surface area contributed by atoms with Crippen molar-refractivity contribution >= 4 is 11.0 Å². The minimum Gasteiger partial charge on any atom is -0.484 e. The average Bonchev–Trinajstić information content (AvgIpc) is 3.09. The first kappa shape index (κ1) is 16.1. The highest BCUT2D eigenvalue weighted by Gasteiger charge is 2.10. The van der Waals surface area contributed by atoms with E-state index in [0.717, 1.165) is 16.5 Å². The Morgan fingerprint density at radius 2 is 1.85 bits per heavy atom. The second kappa shape index (κ2) is 6.48. The normalized spacial score (nSPS) is 11.0. The number of hydrogen-bond acceptors (Lipinski definition) is 6. The zero-order valence-electron chi connectivity index (χ0n) is 14.4. The summed E-state index contributed by atoms with van der Waals surface area (Å²) in [5.74, 6) is 1.44. The van der Waals surface area contributed by atoms with Gasteiger partial charge in [-0.2, -0.15) is 4.98 Å². The standard InChI is InChI=1S/C20H16N2O4/c1-12-3-5-14(6-4-12)20-21-18(26-22-20)11-24-15-7-8-16-13(2)9-19(23)25-17(16)10-15/h3-10H,11H2,1-2H3. The van der Waals surface area contributed by atoms with Gasteiger partial charge in [-0.05, 0) is 31.5 Å². The second-order valence-electron chi connectivity index (χ2n) is 6.07. The summed E-state index contributed by atoms with van der Waals surface area (Å²) in [5.41, 5.74) is 3.01. The fourth-order valence-electron chi connectivity index (χ4n) is 2.67. The Morgan fingerprint density at radius 1 is 1.04 bits per heavy atom. The zero-order chi connectivity index (χ0) is 18.1. The lowest BCUT2D eigenvalue weighted by Crippen LogP contribution is -1.99. The fraction of sp³-hybridized carbons (Fsp3) is 0.150. The number of nitrogens with zero attached hydrogens (tertiary/aromatic N) is 2. The third kappa shape index (κ3) is 3.21. The molecule has 0 atom stereocenters. The van der Waals surface area contributed by atoms with Crippen molar-refractivity contribution in [3.8, 4) is 17.1 Å². The van der Waals surface area contributed by atoms with Gasteiger partial charge in [-0.3, -0.25) is 0 Å². The molecule has 0 aliphatic carbocycles. The molecule has 0 aliphatic heterocycles. The predicted molar refractivity (Wildman–Crippen MR) is 96.0 cm³/mol. The van der Waals surface area contributed by atoms with Crippen LogP contribution in [0.1, 0.15) is 17.0 Å². The minimum atomic E-state index is -0.383. The highest BCUT2D eigenvalue weighted by atomic mass is 16.5. The molecular weight excluding hydrogens is 332 g/mol. The summed E-state index contributed by atoms with van der Waals surface area (Å²) in [4.78, 5) is 15.9. The van der Waals surface area contributed by atoms with Crippen LogP contribution in [0.4, 0.5) is 0 Å². The molecule has 2 aromatic carbocycles. The van der Waals surface area contributed by atoms with Crippen LogP contribution < -0.4 is 10.4 Å². The van der Waals surface area contributed by atoms with E-state index >= 15 is 0 Å². The highest BCUT2D eigenvalue weighted by Crippen LogP contribution is 2.23. The zero-order valence-corrected chi connectivity index (χ0v) is 14.4. The van der Waals surface area contributed by atoms with Gasteiger partial charge in [0.15, 0.2) is 6.61 Å². The summed E-state index contributed by atoms with van der Waals surface area (Å²) in [6, 6.07) is 14.7. The molecule has 0 saturated heterocycles. The Balaban J connectivity index is 1.51. The first-order valence-corrected chi connectivity index (χ1v) is 8.15. The monoisotopic (exact) mass is 348 g/mol. The quantitative estimate of drug-likeness (QED) is 0.518. The van der Waals surface area contributed by atoms with E-state index in [9.17, 15) is 4.79 Å². The maximum atomic E-state index is 11.5. The van der Waals surface area contributed by atoms with E-state index in [1.807, 2.05) is 50.2 Å². The van der Waals surface area contributed by atoms with Gasteiger partial charge >= 0.3 is 5.63 Å². The van der Waals surface area contributed by atoms with E-state index < -0.39 is 0 Å². The lowest BCUT2D eigenvalue weighted by Gasteiger charge is -2.05. The fourth-order valence-corrected chi connectivity index (χ4v) is 2.67. The third-order valence-corrected chi connectivity index (χ3v) is 4.06. The second-order valence-corrected chi connectivity index (χ2v) is 6.07. The highest BCUT2D eigenvalue weighted by molar-refractivity contribution is 5.81. The van der Waals surface area contributed by atoms with Gasteiger partial charge in [0, 0.05) is 23.1 Å². The van der Waals surface area contributed by atoms with Crippen LogP contribution in [0.2, 0.25) is 0 Å². The van der Waals surface area contributed by atoms with E-state index in [4.69, 9.17) is 13.7 Å². The average molecular weight is 348 g/mol. The molecule has 0 fully saturated rings. The van der Waals surface area contributed by atoms with Crippen molar-refractivity contribution in [1.29, 1.82) is 0 Å². The number of hydrogen-bond donors (Lipinski definition) is 0. The Kier molecular flexibility index (Phi) is 4.01. The van der Waals surface area contributed by atoms with Crippen LogP contribution >= 0.6 is 0 Å². The molecule has 4 rings (SSSR count). The number of ether oxygens (including phenoxy) is 1. The molecule has 2 heterocycles. The summed E-state index contributed by atoms with van der Waals surface area (Å²) in [6.45, 7) is 4.01. The smallest absolute Gasteiger partial charge is 0.336 e. The maximum absolute atomic E-state index is 11.5. The van der Waals surface area contributed by atoms with Crippen molar-refractivity contribution in [2.24, 2.45) is 0 Å². The van der Waals surface area contributed by atoms with E-state index in [1.165, 1.54) is 11.6 Å². The van der Waals surface area contributed by atoms with Crippen molar-refractivity contribution in [2.75, 3.05) is 0 Å². The Morgan fingerprint density at radius 3 is 2.65 bits per heavy atom. The van der Waals surface area contributed by atoms with Crippen LogP contribution in [0.15, 0.2) is 62.3 Å². The van der Waals surface area contributed by atoms with Crippen LogP contribution in [-0.4, -0.2) is 10.1 Å². The first-order valence-electron chi connectivity index (χ1n) is 8.15. The van der Waals surface area contributed by atoms with E-state index in [1.54, 1.807) is 6.07 Å². The summed E-state index contributed by atoms with van der Waals surface area (Å²) < 4.78 is 16.1. The lowest BCUT2D eigenvalue weighted by molar-refractivity contribution is 0.243. The molecule has 0 aliphatic rings. The van der Waals surface area contributed by atoms with Gasteiger partial charge in [-0.1, -0.05) is 35.0 Å². The van der Waals surface area contributed by atoms with Crippen molar-refractivity contribution in [3.05, 3.63) is 76.0 Å². The topological polar surface area (TPSA) is 78.4 Å². The van der Waals surface area contributed by atoms with Crippen LogP contribution in [0, 0.1) is 13.8 Å². The van der Waals surface area contributed by atoms with Crippen LogP contribution in [0.5, 0.6) is 5.75 Å². The third-order valence-electron chi connectivity index (χ3n) is 4.06. The predicted octanol–water partition coefficient (Wildman–Crippen LogP) is 4.04. The van der Waals surface area contributed by atoms with E-state index in [-0.39, 0.29) is 12.2 Å². The van der Waals surface area contributed by atoms with E-state index in [0.29, 0.717) is 23.0 Å². The summed E-state index contributed by atoms with van der Waals surface area (Å²) in [7, 11) is 0. The molecule has 0 amide bonds. The van der Waals surface area contributed by atoms with Crippen molar-refractivity contribution in [3.63, 3.8) is 0 Å². The minimum absolute atomic E-state index is 0.125. The van der Waals surface area contributed by atoms with Crippen LogP contribution in [-0.2, 0) is 6.61 Å². The molecular formula is C20H16N2O4. The van der Waals surface area contributed by atoms with Gasteiger partial charge in [0.05, 0.1) is 0 Å². The van der Waals surface area contributed by atoms with Crippen molar-refractivity contribution in [2.45, 2.75) is 20.5 Å². The van der Waals surface area contributed by atoms with Crippen molar-refractivity contribution in [1.82, 2.24) is 10.1 Å². The molecule has 6 heteroatoms. The Labute approximate surface area is 149 Å². The molecule has 0 unspecified atom stereocenters. The number of aryl methyl sites for hydroxylation is 2. The molecule has 26 heavy (non-hydrogen) atoms. The Hall–Kier alpha value is -3.41. The van der Waals surface area contributed by atoms with Crippen LogP contribution in [0.3, 0.4) is 0 Å². The molecule has 0 bridgehead atoms. The van der Waals surface area contributed by atoms with E-state index in [2.05, 4.69) is 10.1 Å². The van der Waals surface area contributed by atoms with Gasteiger partial charge < -0.3 is 13.7 Å². The molecule has 0 radical (unpaired) electrons. The van der Waals surface area contributed by atoms with Gasteiger partial charge in [0.2, 0.25) is 5.82 Å². The number of benzene rings is 2. The van der Waals surface area contributed by atoms with Gasteiger partial charge in [-0.15, -0.1) is 0 Å². The number of rotatable bonds is 4. The molecule has 130 valence electrons. The van der Waals surface area contributed by atoms with Crippen LogP contribution in [0.25, 0.3) is 22.4 Å². The molecule has 0 N–H and O–H groups in total. The largest absolute Gasteiger partial charge is 0.484 e. The van der Waals surface area contributed by atoms with Gasteiger partial charge in [0.25, 0.3) is 5.89 Å². The molecule has 0 spiro atoms. The molecule has 6 nitrogen and oxygen atoms in total.